The molecule has 1 aromatic heterocycles. The normalized spacial score (nSPS) is 7.81. The highest BCUT2D eigenvalue weighted by molar-refractivity contribution is 5.86. The van der Waals surface area contributed by atoms with Crippen LogP contribution in [-0.2, 0) is 9.59 Å². The number of rotatable bonds is 3. The van der Waals surface area contributed by atoms with Crippen LogP contribution in [0, 0.1) is 0 Å². The maximum Gasteiger partial charge on any atom is 0.346 e. The van der Waals surface area contributed by atoms with Crippen LogP contribution in [0.3, 0.4) is 0 Å². The van der Waals surface area contributed by atoms with Gasteiger partial charge in [0.1, 0.15) is 5.82 Å². The number of carboxylic acid groups (broad SMARTS) is 1. The number of primary amides is 2. The van der Waals surface area contributed by atoms with Gasteiger partial charge in [0.2, 0.25) is 5.91 Å². The minimum absolute atomic E-state index is 0.234. The van der Waals surface area contributed by atoms with Crippen LogP contribution in [-0.4, -0.2) is 33.0 Å². The summed E-state index contributed by atoms with van der Waals surface area (Å²) in [7, 11) is 0. The van der Waals surface area contributed by atoms with Gasteiger partial charge in [0.05, 0.1) is 0 Å². The first kappa shape index (κ1) is 19.9. The first-order chi connectivity index (χ1) is 9.72. The second-order valence-corrected chi connectivity index (χ2v) is 2.93. The van der Waals surface area contributed by atoms with Crippen molar-refractivity contribution in [1.82, 2.24) is 9.97 Å². The number of amides is 3. The number of aromatic nitrogens is 2. The Morgan fingerprint density at radius 2 is 1.76 bits per heavy atom. The molecular formula is C11H15N5O5. The van der Waals surface area contributed by atoms with Crippen molar-refractivity contribution in [2.75, 3.05) is 5.32 Å². The lowest BCUT2D eigenvalue weighted by Crippen LogP contribution is -2.22. The molecule has 114 valence electrons. The fourth-order valence-corrected chi connectivity index (χ4v) is 0.574. The SMILES string of the molecule is C=CC(=O)O.C=CC(N)=O.NC(=O)Nc1ccnc(=O)[nH]1. The number of H-pyrrole nitrogens is 1. The molecule has 0 saturated heterocycles. The van der Waals surface area contributed by atoms with Crippen LogP contribution in [0.15, 0.2) is 42.4 Å². The number of aromatic amines is 1. The lowest BCUT2D eigenvalue weighted by molar-refractivity contribution is -0.131. The molecule has 1 aromatic rings. The van der Waals surface area contributed by atoms with Crippen molar-refractivity contribution in [3.05, 3.63) is 48.1 Å². The number of carbonyl (C=O) groups is 3. The van der Waals surface area contributed by atoms with Crippen molar-refractivity contribution < 1.29 is 19.5 Å². The van der Waals surface area contributed by atoms with E-state index in [4.69, 9.17) is 10.8 Å². The van der Waals surface area contributed by atoms with Crippen molar-refractivity contribution >= 4 is 23.7 Å². The van der Waals surface area contributed by atoms with Gasteiger partial charge in [0, 0.05) is 12.3 Å². The van der Waals surface area contributed by atoms with Gasteiger partial charge in [0.15, 0.2) is 0 Å². The van der Waals surface area contributed by atoms with Crippen molar-refractivity contribution in [1.29, 1.82) is 0 Å². The minimum atomic E-state index is -0.981. The highest BCUT2D eigenvalue weighted by Gasteiger charge is 1.94. The lowest BCUT2D eigenvalue weighted by Gasteiger charge is -1.97. The van der Waals surface area contributed by atoms with E-state index in [0.29, 0.717) is 0 Å². The zero-order chi connectivity index (χ0) is 16.8. The number of carboxylic acids is 1. The number of anilines is 1. The van der Waals surface area contributed by atoms with Gasteiger partial charge in [0.25, 0.3) is 0 Å². The van der Waals surface area contributed by atoms with Gasteiger partial charge in [-0.25, -0.2) is 19.4 Å². The predicted octanol–water partition coefficient (Wildman–Crippen LogP) is -0.825. The molecule has 0 aliphatic heterocycles. The molecule has 0 aliphatic carbocycles. The van der Waals surface area contributed by atoms with Gasteiger partial charge in [-0.2, -0.15) is 0 Å². The van der Waals surface area contributed by atoms with E-state index in [2.05, 4.69) is 34.2 Å². The fraction of sp³-hybridized carbons (Fsp3) is 0. The fourth-order valence-electron chi connectivity index (χ4n) is 0.574. The Morgan fingerprint density at radius 1 is 1.29 bits per heavy atom. The summed E-state index contributed by atoms with van der Waals surface area (Å²) in [5, 5.41) is 9.79. The molecule has 0 unspecified atom stereocenters. The van der Waals surface area contributed by atoms with Crippen LogP contribution in [0.4, 0.5) is 10.6 Å². The average Bonchev–Trinajstić information content (AvgIpc) is 2.39. The summed E-state index contributed by atoms with van der Waals surface area (Å²) in [6.45, 7) is 6.05. The summed E-state index contributed by atoms with van der Waals surface area (Å²) in [5.41, 5.74) is 8.79. The topological polar surface area (TPSA) is 181 Å². The molecule has 7 N–H and O–H groups in total. The molecule has 0 fully saturated rings. The Morgan fingerprint density at radius 3 is 2.05 bits per heavy atom. The molecule has 0 saturated carbocycles. The first-order valence-electron chi connectivity index (χ1n) is 5.12. The molecule has 21 heavy (non-hydrogen) atoms. The van der Waals surface area contributed by atoms with E-state index in [-0.39, 0.29) is 5.82 Å². The van der Waals surface area contributed by atoms with E-state index in [0.717, 1.165) is 12.2 Å². The lowest BCUT2D eigenvalue weighted by atomic mass is 10.6. The molecule has 10 heteroatoms. The molecule has 1 heterocycles. The maximum atomic E-state index is 10.5. The van der Waals surface area contributed by atoms with E-state index < -0.39 is 23.6 Å². The monoisotopic (exact) mass is 297 g/mol. The summed E-state index contributed by atoms with van der Waals surface area (Å²) >= 11 is 0. The van der Waals surface area contributed by atoms with Gasteiger partial charge in [-0.05, 0) is 12.1 Å². The van der Waals surface area contributed by atoms with Gasteiger partial charge < -0.3 is 16.6 Å². The van der Waals surface area contributed by atoms with E-state index >= 15 is 0 Å². The highest BCUT2D eigenvalue weighted by atomic mass is 16.4. The van der Waals surface area contributed by atoms with E-state index in [1.165, 1.54) is 12.3 Å². The summed E-state index contributed by atoms with van der Waals surface area (Å²) in [6, 6.07) is 0.693. The number of hydrogen-bond donors (Lipinski definition) is 5. The number of nitrogens with two attached hydrogens (primary N) is 2. The third-order valence-electron chi connectivity index (χ3n) is 1.31. The van der Waals surface area contributed by atoms with E-state index in [1.54, 1.807) is 0 Å². The number of urea groups is 1. The molecule has 0 bridgehead atoms. The Balaban J connectivity index is 0. The van der Waals surface area contributed by atoms with Crippen LogP contribution in [0.25, 0.3) is 0 Å². The molecular weight excluding hydrogens is 282 g/mol. The molecule has 0 aliphatic rings. The largest absolute Gasteiger partial charge is 0.478 e. The van der Waals surface area contributed by atoms with Crippen LogP contribution in [0.5, 0.6) is 0 Å². The maximum absolute atomic E-state index is 10.5. The highest BCUT2D eigenvalue weighted by Crippen LogP contribution is 1.93. The van der Waals surface area contributed by atoms with Crippen LogP contribution < -0.4 is 22.5 Å². The van der Waals surface area contributed by atoms with Crippen molar-refractivity contribution in [2.24, 2.45) is 11.5 Å². The zero-order valence-corrected chi connectivity index (χ0v) is 10.9. The van der Waals surface area contributed by atoms with E-state index in [1.807, 2.05) is 0 Å². The Bertz CT molecular complexity index is 548. The number of carbonyl (C=O) groups excluding carboxylic acids is 2. The predicted molar refractivity (Wildman–Crippen MR) is 75.3 cm³/mol. The Hall–Kier alpha value is -3.43. The quantitative estimate of drug-likeness (QED) is 0.454. The zero-order valence-electron chi connectivity index (χ0n) is 10.9. The number of hydrogen-bond acceptors (Lipinski definition) is 5. The number of aliphatic carboxylic acids is 1. The van der Waals surface area contributed by atoms with Gasteiger partial charge in [-0.1, -0.05) is 13.2 Å². The molecule has 3 amide bonds. The molecule has 0 spiro atoms. The van der Waals surface area contributed by atoms with Crippen molar-refractivity contribution in [3.63, 3.8) is 0 Å². The Kier molecular flexibility index (Phi) is 11.0. The van der Waals surface area contributed by atoms with Crippen LogP contribution >= 0.6 is 0 Å². The number of nitrogens with zero attached hydrogens (tertiary/aromatic N) is 1. The van der Waals surface area contributed by atoms with Crippen LogP contribution in [0.2, 0.25) is 0 Å². The summed E-state index contributed by atoms with van der Waals surface area (Å²) in [5.74, 6) is -1.23. The molecule has 0 aromatic carbocycles. The minimum Gasteiger partial charge on any atom is -0.478 e. The molecule has 1 rings (SSSR count). The molecule has 0 radical (unpaired) electrons. The summed E-state index contributed by atoms with van der Waals surface area (Å²) in [4.78, 5) is 45.1. The standard InChI is InChI=1S/C5H6N4O2.C3H5NO.C3H4O2/c6-4(10)8-3-1-2-7-5(11)9-3;2*1-2-3(4)5/h1-2H,(H4,6,7,8,9,10,11);2H,1H2,(H2,4,5);2H,1H2,(H,4,5). The first-order valence-corrected chi connectivity index (χ1v) is 5.12. The summed E-state index contributed by atoms with van der Waals surface area (Å²) < 4.78 is 0. The number of nitrogens with one attached hydrogen (secondary N) is 2. The second kappa shape index (κ2) is 11.6. The van der Waals surface area contributed by atoms with E-state index in [9.17, 15) is 19.2 Å². The third kappa shape index (κ3) is 16.6. The van der Waals surface area contributed by atoms with Gasteiger partial charge in [-0.15, -0.1) is 0 Å². The second-order valence-electron chi connectivity index (χ2n) is 2.93. The van der Waals surface area contributed by atoms with Crippen molar-refractivity contribution in [2.45, 2.75) is 0 Å². The third-order valence-corrected chi connectivity index (χ3v) is 1.31. The Labute approximate surface area is 119 Å². The van der Waals surface area contributed by atoms with Crippen molar-refractivity contribution in [3.8, 4) is 0 Å². The summed E-state index contributed by atoms with van der Waals surface area (Å²) in [6.07, 6.45) is 3.16. The van der Waals surface area contributed by atoms with Crippen LogP contribution in [0.1, 0.15) is 0 Å². The van der Waals surface area contributed by atoms with Gasteiger partial charge in [-0.3, -0.25) is 15.1 Å². The molecule has 10 nitrogen and oxygen atoms in total. The molecule has 0 atom stereocenters. The van der Waals surface area contributed by atoms with Gasteiger partial charge >= 0.3 is 17.7 Å². The smallest absolute Gasteiger partial charge is 0.346 e. The average molecular weight is 297 g/mol.